The van der Waals surface area contributed by atoms with Gasteiger partial charge in [-0.05, 0) is 59.7 Å². The van der Waals surface area contributed by atoms with Crippen LogP contribution >= 0.6 is 11.6 Å². The normalized spacial score (nSPS) is 23.9. The number of nitrogens with one attached hydrogen (secondary N) is 1. The van der Waals surface area contributed by atoms with Crippen LogP contribution in [0, 0.1) is 11.7 Å². The first-order valence-electron chi connectivity index (χ1n) is 13.0. The topological polar surface area (TPSA) is 66.5 Å². The molecule has 7 heteroatoms. The number of hydrogen-bond donors (Lipinski definition) is 1. The highest BCUT2D eigenvalue weighted by Gasteiger charge is 2.70. The molecule has 0 unspecified atom stereocenters. The lowest BCUT2D eigenvalue weighted by Crippen LogP contribution is -2.51. The first-order valence-corrected chi connectivity index (χ1v) is 13.3. The fraction of sp³-hybridized carbons (Fsp3) is 0.121. The van der Waals surface area contributed by atoms with Crippen molar-refractivity contribution in [3.05, 3.63) is 136 Å². The van der Waals surface area contributed by atoms with Gasteiger partial charge in [0.1, 0.15) is 17.3 Å². The van der Waals surface area contributed by atoms with Gasteiger partial charge < -0.3 is 10.2 Å². The van der Waals surface area contributed by atoms with Gasteiger partial charge in [-0.1, -0.05) is 72.3 Å². The standard InChI is InChI=1S/C33H22ClFN2O3/c34-22-13-16-26-21(18-22)12-17-27-33(24-8-4-5-9-25(24)36-32(33)40)28(30(38)20-10-14-23(35)15-11-20)29(37(26)27)31(39)19-6-2-1-3-7-19/h1-18,27-29H,(H,36,40)/t27-,28+,29-,33-/m0/s1. The number of carbonyl (C=O) groups is 3. The minimum atomic E-state index is -1.43. The Hall–Kier alpha value is -4.55. The summed E-state index contributed by atoms with van der Waals surface area (Å²) in [6.07, 6.45) is 3.79. The monoisotopic (exact) mass is 548 g/mol. The van der Waals surface area contributed by atoms with Crippen molar-refractivity contribution in [2.24, 2.45) is 5.92 Å². The van der Waals surface area contributed by atoms with Crippen molar-refractivity contribution in [3.63, 3.8) is 0 Å². The first kappa shape index (κ1) is 24.5. The van der Waals surface area contributed by atoms with E-state index >= 15 is 0 Å². The minimum Gasteiger partial charge on any atom is -0.352 e. The molecule has 0 aromatic heterocycles. The van der Waals surface area contributed by atoms with Crippen LogP contribution in [0.5, 0.6) is 0 Å². The molecular formula is C33H22ClFN2O3. The summed E-state index contributed by atoms with van der Waals surface area (Å²) in [4.78, 5) is 45.3. The number of hydrogen-bond acceptors (Lipinski definition) is 4. The molecule has 5 nitrogen and oxygen atoms in total. The van der Waals surface area contributed by atoms with E-state index in [1.54, 1.807) is 42.5 Å². The Labute approximate surface area is 234 Å². The van der Waals surface area contributed by atoms with E-state index in [0.717, 1.165) is 5.56 Å². The molecule has 0 radical (unpaired) electrons. The van der Waals surface area contributed by atoms with Crippen molar-refractivity contribution >= 4 is 46.5 Å². The molecule has 1 fully saturated rings. The van der Waals surface area contributed by atoms with E-state index in [2.05, 4.69) is 5.32 Å². The summed E-state index contributed by atoms with van der Waals surface area (Å²) in [5, 5.41) is 3.53. The smallest absolute Gasteiger partial charge is 0.238 e. The van der Waals surface area contributed by atoms with Crippen LogP contribution in [0.25, 0.3) is 6.08 Å². The van der Waals surface area contributed by atoms with Crippen molar-refractivity contribution in [1.29, 1.82) is 0 Å². The predicted octanol–water partition coefficient (Wildman–Crippen LogP) is 6.34. The zero-order valence-corrected chi connectivity index (χ0v) is 21.8. The van der Waals surface area contributed by atoms with Crippen molar-refractivity contribution in [2.75, 3.05) is 10.2 Å². The van der Waals surface area contributed by atoms with Crippen molar-refractivity contribution in [2.45, 2.75) is 17.5 Å². The van der Waals surface area contributed by atoms with E-state index in [1.807, 2.05) is 47.4 Å². The number of anilines is 2. The second kappa shape index (κ2) is 9.00. The molecule has 4 aromatic rings. The van der Waals surface area contributed by atoms with Crippen LogP contribution in [0.1, 0.15) is 31.8 Å². The number of benzene rings is 4. The number of para-hydroxylation sites is 1. The number of amides is 1. The largest absolute Gasteiger partial charge is 0.352 e. The Bertz CT molecular complexity index is 1740. The van der Waals surface area contributed by atoms with Crippen molar-refractivity contribution < 1.29 is 18.8 Å². The van der Waals surface area contributed by atoms with Gasteiger partial charge in [0.2, 0.25) is 5.91 Å². The number of ketones is 2. The zero-order valence-electron chi connectivity index (χ0n) is 21.1. The minimum absolute atomic E-state index is 0.231. The molecule has 0 aliphatic carbocycles. The van der Waals surface area contributed by atoms with E-state index in [4.69, 9.17) is 11.6 Å². The zero-order chi connectivity index (χ0) is 27.6. The molecular weight excluding hydrogens is 527 g/mol. The maximum Gasteiger partial charge on any atom is 0.238 e. The summed E-state index contributed by atoms with van der Waals surface area (Å²) >= 11 is 6.33. The van der Waals surface area contributed by atoms with Gasteiger partial charge >= 0.3 is 0 Å². The van der Waals surface area contributed by atoms with Crippen LogP contribution in [0.2, 0.25) is 5.02 Å². The summed E-state index contributed by atoms with van der Waals surface area (Å²) < 4.78 is 13.9. The molecule has 4 aromatic carbocycles. The van der Waals surface area contributed by atoms with Gasteiger partial charge in [-0.3, -0.25) is 14.4 Å². The third kappa shape index (κ3) is 3.36. The fourth-order valence-electron chi connectivity index (χ4n) is 6.72. The lowest BCUT2D eigenvalue weighted by Gasteiger charge is -2.37. The van der Waals surface area contributed by atoms with Gasteiger partial charge in [0.15, 0.2) is 11.6 Å². The molecule has 0 saturated carbocycles. The molecule has 3 aliphatic rings. The van der Waals surface area contributed by atoms with Crippen LogP contribution in [-0.2, 0) is 10.2 Å². The third-order valence-electron chi connectivity index (χ3n) is 8.33. The Morgan fingerprint density at radius 1 is 0.850 bits per heavy atom. The van der Waals surface area contributed by atoms with Gasteiger partial charge in [0, 0.05) is 27.5 Å². The number of rotatable bonds is 4. The van der Waals surface area contributed by atoms with Gasteiger partial charge in [0.05, 0.1) is 12.0 Å². The Balaban J connectivity index is 1.54. The molecule has 3 heterocycles. The lowest BCUT2D eigenvalue weighted by atomic mass is 9.64. The number of carbonyl (C=O) groups excluding carboxylic acids is 3. The molecule has 7 rings (SSSR count). The van der Waals surface area contributed by atoms with Gasteiger partial charge in [-0.15, -0.1) is 0 Å². The average Bonchev–Trinajstić information content (AvgIpc) is 3.45. The van der Waals surface area contributed by atoms with E-state index in [9.17, 15) is 18.8 Å². The average molecular weight is 549 g/mol. The summed E-state index contributed by atoms with van der Waals surface area (Å²) in [6, 6.07) is 25.0. The van der Waals surface area contributed by atoms with Crippen molar-refractivity contribution in [3.8, 4) is 0 Å². The number of Topliss-reactive ketones (excluding diaryl/α,β-unsaturated/α-hetero) is 2. The van der Waals surface area contributed by atoms with Crippen LogP contribution in [-0.4, -0.2) is 29.6 Å². The highest BCUT2D eigenvalue weighted by atomic mass is 35.5. The summed E-state index contributed by atoms with van der Waals surface area (Å²) in [5.74, 6) is -2.64. The Morgan fingerprint density at radius 2 is 1.55 bits per heavy atom. The number of halogens is 2. The van der Waals surface area contributed by atoms with Crippen molar-refractivity contribution in [1.82, 2.24) is 0 Å². The summed E-state index contributed by atoms with van der Waals surface area (Å²) in [5.41, 5.74) is 1.98. The Morgan fingerprint density at radius 3 is 2.33 bits per heavy atom. The quantitative estimate of drug-likeness (QED) is 0.302. The Kier molecular flexibility index (Phi) is 5.51. The molecule has 1 amide bonds. The first-order chi connectivity index (χ1) is 19.4. The SMILES string of the molecule is O=C(c1ccccc1)[C@@H]1[C@H](C(=O)c2ccc(F)cc2)[C@@]2(C(=O)Nc3ccccc32)[C@@H]2C=Cc3cc(Cl)ccc3N12. The molecule has 1 N–H and O–H groups in total. The lowest BCUT2D eigenvalue weighted by molar-refractivity contribution is -0.121. The third-order valence-corrected chi connectivity index (χ3v) is 8.57. The van der Waals surface area contributed by atoms with E-state index in [1.165, 1.54) is 24.3 Å². The summed E-state index contributed by atoms with van der Waals surface area (Å²) in [6.45, 7) is 0. The van der Waals surface area contributed by atoms with Crippen LogP contribution in [0.15, 0.2) is 103 Å². The van der Waals surface area contributed by atoms with Gasteiger partial charge in [0.25, 0.3) is 0 Å². The van der Waals surface area contributed by atoms with Gasteiger partial charge in [-0.25, -0.2) is 4.39 Å². The van der Waals surface area contributed by atoms with E-state index < -0.39 is 35.0 Å². The molecule has 40 heavy (non-hydrogen) atoms. The summed E-state index contributed by atoms with van der Waals surface area (Å²) in [7, 11) is 0. The molecule has 1 saturated heterocycles. The van der Waals surface area contributed by atoms with Crippen LogP contribution in [0.3, 0.4) is 0 Å². The van der Waals surface area contributed by atoms with Crippen LogP contribution < -0.4 is 10.2 Å². The van der Waals surface area contributed by atoms with E-state index in [-0.39, 0.29) is 17.3 Å². The molecule has 0 bridgehead atoms. The van der Waals surface area contributed by atoms with E-state index in [0.29, 0.717) is 27.5 Å². The predicted molar refractivity (Wildman–Crippen MR) is 152 cm³/mol. The molecule has 1 spiro atoms. The van der Waals surface area contributed by atoms with Gasteiger partial charge in [-0.2, -0.15) is 0 Å². The maximum atomic E-state index is 14.6. The van der Waals surface area contributed by atoms with Crippen LogP contribution in [0.4, 0.5) is 15.8 Å². The fourth-order valence-corrected chi connectivity index (χ4v) is 6.90. The highest BCUT2D eigenvalue weighted by molar-refractivity contribution is 6.31. The second-order valence-electron chi connectivity index (χ2n) is 10.3. The maximum absolute atomic E-state index is 14.6. The molecule has 3 aliphatic heterocycles. The molecule has 4 atom stereocenters. The second-order valence-corrected chi connectivity index (χ2v) is 10.7. The highest BCUT2D eigenvalue weighted by Crippen LogP contribution is 2.58. The number of nitrogens with zero attached hydrogens (tertiary/aromatic N) is 1. The number of fused-ring (bicyclic) bond motifs is 6. The molecule has 196 valence electrons.